The lowest BCUT2D eigenvalue weighted by atomic mass is 9.85. The van der Waals surface area contributed by atoms with Crippen LogP contribution in [0.4, 0.5) is 0 Å². The molecular weight excluding hydrogens is 216 g/mol. The van der Waals surface area contributed by atoms with Crippen LogP contribution in [0.25, 0.3) is 0 Å². The maximum atomic E-state index is 11.3. The van der Waals surface area contributed by atoms with E-state index in [1.807, 2.05) is 0 Å². The second-order valence-electron chi connectivity index (χ2n) is 4.62. The maximum absolute atomic E-state index is 11.3. The molecule has 1 saturated carbocycles. The molecule has 0 unspecified atom stereocenters. The minimum atomic E-state index is -0.521. The van der Waals surface area contributed by atoms with Crippen molar-refractivity contribution in [3.05, 3.63) is 0 Å². The molecule has 1 rings (SSSR count). The number of carbonyl (C=O) groups is 1. The molecule has 0 atom stereocenters. The Morgan fingerprint density at radius 2 is 1.88 bits per heavy atom. The third kappa shape index (κ3) is 4.74. The molecule has 4 nitrogen and oxygen atoms in total. The van der Waals surface area contributed by atoms with E-state index in [1.165, 1.54) is 19.3 Å². The normalized spacial score (nSPS) is 19.8. The van der Waals surface area contributed by atoms with Crippen LogP contribution in [0.3, 0.4) is 0 Å². The average Bonchev–Trinajstić information content (AvgIpc) is 2.29. The quantitative estimate of drug-likeness (QED) is 0.762. The van der Waals surface area contributed by atoms with Gasteiger partial charge < -0.3 is 4.74 Å². The Morgan fingerprint density at radius 3 is 2.41 bits per heavy atom. The standard InChI is InChI=1S/C13H22N2O2/c1-2-17-12(16)10-15-13(11-14)8-6-4-3-5-7-9-13/h15H,2-10H2,1H3. The first-order valence-corrected chi connectivity index (χ1v) is 6.54. The number of hydrogen-bond donors (Lipinski definition) is 1. The third-order valence-corrected chi connectivity index (χ3v) is 3.30. The predicted octanol–water partition coefficient (Wildman–Crippen LogP) is 2.15. The lowest BCUT2D eigenvalue weighted by molar-refractivity contribution is -0.142. The van der Waals surface area contributed by atoms with E-state index in [2.05, 4.69) is 11.4 Å². The molecule has 0 aromatic carbocycles. The first-order chi connectivity index (χ1) is 8.22. The molecule has 96 valence electrons. The van der Waals surface area contributed by atoms with Gasteiger partial charge in [0.2, 0.25) is 0 Å². The van der Waals surface area contributed by atoms with E-state index in [1.54, 1.807) is 6.92 Å². The fourth-order valence-electron chi connectivity index (χ4n) is 2.29. The molecule has 0 radical (unpaired) electrons. The number of hydrogen-bond acceptors (Lipinski definition) is 4. The largest absolute Gasteiger partial charge is 0.465 e. The summed E-state index contributed by atoms with van der Waals surface area (Å²) < 4.78 is 4.87. The molecule has 0 bridgehead atoms. The van der Waals surface area contributed by atoms with Gasteiger partial charge in [-0.15, -0.1) is 0 Å². The minimum Gasteiger partial charge on any atom is -0.465 e. The summed E-state index contributed by atoms with van der Waals surface area (Å²) in [7, 11) is 0. The van der Waals surface area contributed by atoms with Crippen molar-refractivity contribution in [3.8, 4) is 6.07 Å². The number of rotatable bonds is 4. The Balaban J connectivity index is 2.48. The highest BCUT2D eigenvalue weighted by molar-refractivity contribution is 5.71. The number of nitrogens with one attached hydrogen (secondary N) is 1. The van der Waals surface area contributed by atoms with Gasteiger partial charge in [0, 0.05) is 0 Å². The summed E-state index contributed by atoms with van der Waals surface area (Å²) >= 11 is 0. The summed E-state index contributed by atoms with van der Waals surface area (Å²) in [6, 6.07) is 2.36. The highest BCUT2D eigenvalue weighted by atomic mass is 16.5. The van der Waals surface area contributed by atoms with E-state index in [0.29, 0.717) is 6.61 Å². The molecule has 1 aliphatic carbocycles. The zero-order chi connectivity index (χ0) is 12.6. The predicted molar refractivity (Wildman–Crippen MR) is 65.3 cm³/mol. The van der Waals surface area contributed by atoms with E-state index in [0.717, 1.165) is 25.7 Å². The van der Waals surface area contributed by atoms with Crippen molar-refractivity contribution in [2.24, 2.45) is 0 Å². The molecule has 1 aliphatic rings. The average molecular weight is 238 g/mol. The van der Waals surface area contributed by atoms with Gasteiger partial charge in [0.25, 0.3) is 0 Å². The molecule has 0 saturated heterocycles. The first-order valence-electron chi connectivity index (χ1n) is 6.54. The van der Waals surface area contributed by atoms with Crippen molar-refractivity contribution in [2.75, 3.05) is 13.2 Å². The summed E-state index contributed by atoms with van der Waals surface area (Å²) in [6.45, 7) is 2.31. The topological polar surface area (TPSA) is 62.1 Å². The van der Waals surface area contributed by atoms with Gasteiger partial charge in [-0.25, -0.2) is 0 Å². The molecule has 1 N–H and O–H groups in total. The maximum Gasteiger partial charge on any atom is 0.319 e. The highest BCUT2D eigenvalue weighted by Gasteiger charge is 2.30. The molecule has 17 heavy (non-hydrogen) atoms. The van der Waals surface area contributed by atoms with Crippen molar-refractivity contribution in [1.82, 2.24) is 5.32 Å². The molecule has 0 amide bonds. The summed E-state index contributed by atoms with van der Waals surface area (Å²) in [5.74, 6) is -0.274. The number of nitrogens with zero attached hydrogens (tertiary/aromatic N) is 1. The monoisotopic (exact) mass is 238 g/mol. The van der Waals surface area contributed by atoms with Gasteiger partial charge in [-0.1, -0.05) is 32.1 Å². The number of nitriles is 1. The van der Waals surface area contributed by atoms with E-state index in [9.17, 15) is 10.1 Å². The van der Waals surface area contributed by atoms with Gasteiger partial charge in [-0.3, -0.25) is 10.1 Å². The number of ether oxygens (including phenoxy) is 1. The van der Waals surface area contributed by atoms with Gasteiger partial charge in [-0.2, -0.15) is 5.26 Å². The van der Waals surface area contributed by atoms with Gasteiger partial charge in [0.1, 0.15) is 5.54 Å². The molecule has 0 aromatic rings. The highest BCUT2D eigenvalue weighted by Crippen LogP contribution is 2.25. The number of esters is 1. The van der Waals surface area contributed by atoms with Crippen LogP contribution in [0.15, 0.2) is 0 Å². The summed E-state index contributed by atoms with van der Waals surface area (Å²) in [5, 5.41) is 12.4. The molecule has 0 heterocycles. The molecule has 0 aromatic heterocycles. The first kappa shape index (κ1) is 14.0. The lowest BCUT2D eigenvalue weighted by Gasteiger charge is -2.29. The Bertz CT molecular complexity index is 276. The van der Waals surface area contributed by atoms with E-state index in [4.69, 9.17) is 4.74 Å². The van der Waals surface area contributed by atoms with Crippen LogP contribution in [-0.2, 0) is 9.53 Å². The van der Waals surface area contributed by atoms with Crippen LogP contribution in [0.2, 0.25) is 0 Å². The van der Waals surface area contributed by atoms with Gasteiger partial charge >= 0.3 is 5.97 Å². The van der Waals surface area contributed by atoms with Crippen LogP contribution in [-0.4, -0.2) is 24.7 Å². The second-order valence-corrected chi connectivity index (χ2v) is 4.62. The van der Waals surface area contributed by atoms with Crippen molar-refractivity contribution in [2.45, 2.75) is 57.4 Å². The molecule has 4 heteroatoms. The SMILES string of the molecule is CCOC(=O)CNC1(C#N)CCCCCCC1. The third-order valence-electron chi connectivity index (χ3n) is 3.30. The molecule has 0 spiro atoms. The van der Waals surface area contributed by atoms with E-state index in [-0.39, 0.29) is 12.5 Å². The van der Waals surface area contributed by atoms with Gasteiger partial charge in [0.15, 0.2) is 0 Å². The zero-order valence-electron chi connectivity index (χ0n) is 10.6. The van der Waals surface area contributed by atoms with Crippen molar-refractivity contribution >= 4 is 5.97 Å². The Labute approximate surface area is 103 Å². The van der Waals surface area contributed by atoms with Crippen molar-refractivity contribution in [3.63, 3.8) is 0 Å². The molecule has 1 fully saturated rings. The summed E-state index contributed by atoms with van der Waals surface area (Å²) in [5.41, 5.74) is -0.521. The summed E-state index contributed by atoms with van der Waals surface area (Å²) in [6.07, 6.45) is 7.42. The van der Waals surface area contributed by atoms with Gasteiger partial charge in [0.05, 0.1) is 19.2 Å². The van der Waals surface area contributed by atoms with Crippen LogP contribution in [0.5, 0.6) is 0 Å². The minimum absolute atomic E-state index is 0.140. The lowest BCUT2D eigenvalue weighted by Crippen LogP contribution is -2.47. The Hall–Kier alpha value is -1.08. The fourth-order valence-corrected chi connectivity index (χ4v) is 2.29. The summed E-state index contributed by atoms with van der Waals surface area (Å²) in [4.78, 5) is 11.3. The fraction of sp³-hybridized carbons (Fsp3) is 0.846. The second kappa shape index (κ2) is 7.29. The Morgan fingerprint density at radius 1 is 1.29 bits per heavy atom. The van der Waals surface area contributed by atoms with Crippen LogP contribution < -0.4 is 5.32 Å². The van der Waals surface area contributed by atoms with Crippen LogP contribution in [0.1, 0.15) is 51.9 Å². The molecule has 0 aliphatic heterocycles. The van der Waals surface area contributed by atoms with Gasteiger partial charge in [-0.05, 0) is 19.8 Å². The smallest absolute Gasteiger partial charge is 0.319 e. The Kier molecular flexibility index (Phi) is 5.99. The zero-order valence-corrected chi connectivity index (χ0v) is 10.6. The van der Waals surface area contributed by atoms with Crippen molar-refractivity contribution < 1.29 is 9.53 Å². The van der Waals surface area contributed by atoms with Crippen molar-refractivity contribution in [1.29, 1.82) is 5.26 Å². The van der Waals surface area contributed by atoms with E-state index >= 15 is 0 Å². The van der Waals surface area contributed by atoms with E-state index < -0.39 is 5.54 Å². The molecular formula is C13H22N2O2. The number of carbonyl (C=O) groups excluding carboxylic acids is 1. The van der Waals surface area contributed by atoms with Crippen LogP contribution in [0, 0.1) is 11.3 Å². The van der Waals surface area contributed by atoms with Crippen LogP contribution >= 0.6 is 0 Å².